The average molecular weight is 277 g/mol. The molecule has 0 aliphatic rings. The third-order valence-electron chi connectivity index (χ3n) is 2.67. The highest BCUT2D eigenvalue weighted by Gasteiger charge is 2.25. The van der Waals surface area contributed by atoms with Gasteiger partial charge in [0.1, 0.15) is 5.75 Å². The summed E-state index contributed by atoms with van der Waals surface area (Å²) in [4.78, 5) is 25.7. The summed E-state index contributed by atoms with van der Waals surface area (Å²) in [6, 6.07) is 7.28. The number of rotatable bonds is 5. The Morgan fingerprint density at radius 1 is 1.20 bits per heavy atom. The van der Waals surface area contributed by atoms with E-state index >= 15 is 0 Å². The molecule has 0 bridgehead atoms. The number of carbonyl (C=O) groups excluding carboxylic acids is 1. The van der Waals surface area contributed by atoms with Crippen molar-refractivity contribution in [1.82, 2.24) is 4.98 Å². The zero-order chi connectivity index (χ0) is 14.5. The Balaban J connectivity index is 2.63. The molecule has 0 amide bonds. The quantitative estimate of drug-likeness (QED) is 0.617. The second kappa shape index (κ2) is 6.21. The van der Waals surface area contributed by atoms with Crippen LogP contribution in [0.15, 0.2) is 24.3 Å². The Kier molecular flexibility index (Phi) is 4.37. The van der Waals surface area contributed by atoms with Gasteiger partial charge in [-0.25, -0.2) is 9.78 Å². The third kappa shape index (κ3) is 2.50. The first-order valence-corrected chi connectivity index (χ1v) is 6.07. The first kappa shape index (κ1) is 14.1. The van der Waals surface area contributed by atoms with Gasteiger partial charge in [0, 0.05) is 5.39 Å². The lowest BCUT2D eigenvalue weighted by Gasteiger charge is -2.13. The van der Waals surface area contributed by atoms with Crippen LogP contribution in [0.25, 0.3) is 10.9 Å². The fraction of sp³-hybridized carbons (Fsp3) is 0.286. The standard InChI is InChI=1S/C14H15NO5/c1-4-19-20-14(16)11-12(17-2)9-7-5-6-8-10(9)15-13(11)18-3/h5-8H,4H2,1-3H3. The number of carbonyl (C=O) groups is 1. The maximum absolute atomic E-state index is 12.1. The summed E-state index contributed by atoms with van der Waals surface area (Å²) >= 11 is 0. The van der Waals surface area contributed by atoms with Crippen LogP contribution >= 0.6 is 0 Å². The zero-order valence-corrected chi connectivity index (χ0v) is 11.5. The van der Waals surface area contributed by atoms with E-state index in [4.69, 9.17) is 9.47 Å². The normalized spacial score (nSPS) is 10.3. The first-order chi connectivity index (χ1) is 9.72. The summed E-state index contributed by atoms with van der Waals surface area (Å²) in [5.41, 5.74) is 0.760. The number of fused-ring (bicyclic) bond motifs is 1. The molecule has 1 aromatic carbocycles. The monoisotopic (exact) mass is 277 g/mol. The molecule has 1 aromatic heterocycles. The molecule has 0 spiro atoms. The topological polar surface area (TPSA) is 66.9 Å². The fourth-order valence-electron chi connectivity index (χ4n) is 1.85. The van der Waals surface area contributed by atoms with Crippen molar-refractivity contribution < 1.29 is 24.0 Å². The Morgan fingerprint density at radius 3 is 2.60 bits per heavy atom. The SMILES string of the molecule is CCOOC(=O)c1c(OC)nc2ccccc2c1OC. The lowest BCUT2D eigenvalue weighted by Crippen LogP contribution is -2.11. The van der Waals surface area contributed by atoms with E-state index in [2.05, 4.69) is 14.8 Å². The number of nitrogens with zero attached hydrogens (tertiary/aromatic N) is 1. The molecule has 0 radical (unpaired) electrons. The molecule has 0 atom stereocenters. The second-order valence-corrected chi connectivity index (χ2v) is 3.82. The molecule has 0 fully saturated rings. The lowest BCUT2D eigenvalue weighted by atomic mass is 10.1. The molecule has 6 nitrogen and oxygen atoms in total. The van der Waals surface area contributed by atoms with E-state index in [0.29, 0.717) is 16.7 Å². The number of ether oxygens (including phenoxy) is 2. The van der Waals surface area contributed by atoms with Gasteiger partial charge in [-0.3, -0.25) is 4.89 Å². The van der Waals surface area contributed by atoms with Crippen molar-refractivity contribution in [2.75, 3.05) is 20.8 Å². The number of pyridine rings is 1. The van der Waals surface area contributed by atoms with Gasteiger partial charge >= 0.3 is 5.97 Å². The van der Waals surface area contributed by atoms with Crippen LogP contribution in [-0.4, -0.2) is 31.8 Å². The fourth-order valence-corrected chi connectivity index (χ4v) is 1.85. The van der Waals surface area contributed by atoms with Crippen molar-refractivity contribution in [1.29, 1.82) is 0 Å². The van der Waals surface area contributed by atoms with Gasteiger partial charge in [-0.1, -0.05) is 12.1 Å². The number of benzene rings is 1. The van der Waals surface area contributed by atoms with Crippen molar-refractivity contribution in [3.8, 4) is 11.6 Å². The molecule has 20 heavy (non-hydrogen) atoms. The summed E-state index contributed by atoms with van der Waals surface area (Å²) in [6.07, 6.45) is 0. The van der Waals surface area contributed by atoms with Crippen LogP contribution in [0, 0.1) is 0 Å². The van der Waals surface area contributed by atoms with E-state index in [1.54, 1.807) is 19.1 Å². The number of para-hydroxylation sites is 1. The minimum atomic E-state index is -0.709. The molecule has 1 heterocycles. The molecular weight excluding hydrogens is 262 g/mol. The zero-order valence-electron chi connectivity index (χ0n) is 11.5. The minimum Gasteiger partial charge on any atom is -0.495 e. The molecule has 106 valence electrons. The smallest absolute Gasteiger partial charge is 0.382 e. The maximum Gasteiger partial charge on any atom is 0.382 e. The maximum atomic E-state index is 12.1. The molecule has 0 N–H and O–H groups in total. The predicted molar refractivity (Wildman–Crippen MR) is 71.9 cm³/mol. The summed E-state index contributed by atoms with van der Waals surface area (Å²) in [5.74, 6) is -0.235. The average Bonchev–Trinajstić information content (AvgIpc) is 2.50. The van der Waals surface area contributed by atoms with Crippen molar-refractivity contribution in [3.63, 3.8) is 0 Å². The Morgan fingerprint density at radius 2 is 1.95 bits per heavy atom. The van der Waals surface area contributed by atoms with Crippen molar-refractivity contribution in [2.24, 2.45) is 0 Å². The molecule has 0 aliphatic carbocycles. The summed E-state index contributed by atoms with van der Waals surface area (Å²) in [5, 5.41) is 0.694. The molecule has 0 saturated carbocycles. The first-order valence-electron chi connectivity index (χ1n) is 6.07. The van der Waals surface area contributed by atoms with Gasteiger partial charge in [0.25, 0.3) is 0 Å². The molecule has 2 rings (SSSR count). The highest BCUT2D eigenvalue weighted by molar-refractivity contribution is 6.02. The van der Waals surface area contributed by atoms with E-state index in [1.165, 1.54) is 14.2 Å². The van der Waals surface area contributed by atoms with Gasteiger partial charge in [0.05, 0.1) is 26.3 Å². The highest BCUT2D eigenvalue weighted by atomic mass is 17.2. The van der Waals surface area contributed by atoms with Crippen LogP contribution in [0.2, 0.25) is 0 Å². The summed E-state index contributed by atoms with van der Waals surface area (Å²) in [7, 11) is 2.90. The van der Waals surface area contributed by atoms with Gasteiger partial charge in [-0.15, -0.1) is 0 Å². The van der Waals surface area contributed by atoms with Gasteiger partial charge in [-0.2, -0.15) is 4.89 Å². The van der Waals surface area contributed by atoms with Crippen LogP contribution in [0.5, 0.6) is 11.6 Å². The predicted octanol–water partition coefficient (Wildman–Crippen LogP) is 2.36. The van der Waals surface area contributed by atoms with Crippen molar-refractivity contribution in [2.45, 2.75) is 6.92 Å². The van der Waals surface area contributed by atoms with Crippen LogP contribution in [-0.2, 0) is 9.78 Å². The van der Waals surface area contributed by atoms with Crippen molar-refractivity contribution in [3.05, 3.63) is 29.8 Å². The van der Waals surface area contributed by atoms with E-state index < -0.39 is 5.97 Å². The van der Waals surface area contributed by atoms with Crippen LogP contribution < -0.4 is 9.47 Å². The molecular formula is C14H15NO5. The summed E-state index contributed by atoms with van der Waals surface area (Å²) in [6.45, 7) is 1.96. The second-order valence-electron chi connectivity index (χ2n) is 3.82. The van der Waals surface area contributed by atoms with Crippen LogP contribution in [0.4, 0.5) is 0 Å². The van der Waals surface area contributed by atoms with Gasteiger partial charge in [-0.05, 0) is 19.1 Å². The van der Waals surface area contributed by atoms with Gasteiger partial charge in [0.2, 0.25) is 5.88 Å². The molecule has 0 unspecified atom stereocenters. The van der Waals surface area contributed by atoms with E-state index in [1.807, 2.05) is 12.1 Å². The van der Waals surface area contributed by atoms with Crippen LogP contribution in [0.1, 0.15) is 17.3 Å². The van der Waals surface area contributed by atoms with Crippen molar-refractivity contribution >= 4 is 16.9 Å². The van der Waals surface area contributed by atoms with Gasteiger partial charge < -0.3 is 9.47 Å². The van der Waals surface area contributed by atoms with Gasteiger partial charge in [0.15, 0.2) is 5.56 Å². The number of hydrogen-bond donors (Lipinski definition) is 0. The number of aromatic nitrogens is 1. The number of hydrogen-bond acceptors (Lipinski definition) is 6. The van der Waals surface area contributed by atoms with Crippen LogP contribution in [0.3, 0.4) is 0 Å². The molecule has 0 saturated heterocycles. The van der Waals surface area contributed by atoms with E-state index in [9.17, 15) is 4.79 Å². The number of methoxy groups -OCH3 is 2. The lowest BCUT2D eigenvalue weighted by molar-refractivity contribution is -0.237. The Hall–Kier alpha value is -2.34. The Bertz CT molecular complexity index is 626. The minimum absolute atomic E-state index is 0.0992. The third-order valence-corrected chi connectivity index (χ3v) is 2.67. The molecule has 6 heteroatoms. The van der Waals surface area contributed by atoms with E-state index in [0.717, 1.165) is 0 Å². The van der Waals surface area contributed by atoms with E-state index in [-0.39, 0.29) is 18.1 Å². The molecule has 2 aromatic rings. The largest absolute Gasteiger partial charge is 0.495 e. The highest BCUT2D eigenvalue weighted by Crippen LogP contribution is 2.34. The molecule has 0 aliphatic heterocycles. The Labute approximate surface area is 116 Å². The summed E-state index contributed by atoms with van der Waals surface area (Å²) < 4.78 is 10.5.